The van der Waals surface area contributed by atoms with E-state index in [1.54, 1.807) is 0 Å². The van der Waals surface area contributed by atoms with Gasteiger partial charge in [0.25, 0.3) is 0 Å². The summed E-state index contributed by atoms with van der Waals surface area (Å²) in [6.45, 7) is 4.69. The van der Waals surface area contributed by atoms with Crippen LogP contribution >= 0.6 is 0 Å². The van der Waals surface area contributed by atoms with Gasteiger partial charge in [-0.2, -0.15) is 0 Å². The maximum atomic E-state index is 3.76. The monoisotopic (exact) mass is 561 g/mol. The number of hydrogen-bond donors (Lipinski definition) is 1. The van der Waals surface area contributed by atoms with Crippen molar-refractivity contribution in [2.45, 2.75) is 19.3 Å². The third-order valence-corrected chi connectivity index (χ3v) is 9.79. The van der Waals surface area contributed by atoms with Crippen LogP contribution in [0.15, 0.2) is 146 Å². The minimum absolute atomic E-state index is 0.00968. The number of H-pyrrole nitrogens is 1. The number of rotatable bonds is 3. The molecule has 0 atom stereocenters. The molecule has 0 fully saturated rings. The fourth-order valence-corrected chi connectivity index (χ4v) is 7.48. The average Bonchev–Trinajstić information content (AvgIpc) is 3.55. The summed E-state index contributed by atoms with van der Waals surface area (Å²) in [4.78, 5) is 3.76. The third kappa shape index (κ3) is 3.72. The van der Waals surface area contributed by atoms with Crippen molar-refractivity contribution in [2.75, 3.05) is 0 Å². The van der Waals surface area contributed by atoms with Gasteiger partial charge in [-0.15, -0.1) is 0 Å². The van der Waals surface area contributed by atoms with E-state index in [1.165, 1.54) is 88.2 Å². The molecule has 44 heavy (non-hydrogen) atoms. The Bertz CT molecular complexity index is 2420. The number of para-hydroxylation sites is 1. The Hall–Kier alpha value is -5.40. The molecule has 0 unspecified atom stereocenters. The Labute approximate surface area is 257 Å². The maximum Gasteiger partial charge on any atom is 0.0544 e. The van der Waals surface area contributed by atoms with Crippen molar-refractivity contribution < 1.29 is 0 Å². The number of aromatic nitrogens is 1. The van der Waals surface area contributed by atoms with Crippen LogP contribution in [0, 0.1) is 0 Å². The molecule has 0 saturated carbocycles. The molecule has 1 heteroatoms. The van der Waals surface area contributed by atoms with E-state index in [-0.39, 0.29) is 5.41 Å². The van der Waals surface area contributed by atoms with E-state index >= 15 is 0 Å². The smallest absolute Gasteiger partial charge is 0.0544 e. The van der Waals surface area contributed by atoms with Crippen molar-refractivity contribution in [2.24, 2.45) is 0 Å². The molecular formula is C43H31N. The first-order chi connectivity index (χ1) is 21.5. The van der Waals surface area contributed by atoms with Gasteiger partial charge in [-0.25, -0.2) is 0 Å². The van der Waals surface area contributed by atoms with Gasteiger partial charge in [0.15, 0.2) is 0 Å². The fraction of sp³-hybridized carbons (Fsp3) is 0.0698. The first-order valence-electron chi connectivity index (χ1n) is 15.4. The second-order valence-electron chi connectivity index (χ2n) is 12.7. The van der Waals surface area contributed by atoms with Crippen molar-refractivity contribution in [3.8, 4) is 44.5 Å². The van der Waals surface area contributed by atoms with Crippen LogP contribution in [0.2, 0.25) is 0 Å². The molecule has 1 aliphatic rings. The highest BCUT2D eigenvalue weighted by Crippen LogP contribution is 2.49. The molecule has 9 rings (SSSR count). The molecule has 1 aromatic heterocycles. The topological polar surface area (TPSA) is 15.8 Å². The summed E-state index contributed by atoms with van der Waals surface area (Å²) in [6, 6.07) is 53.6. The minimum Gasteiger partial charge on any atom is -0.354 e. The number of nitrogens with one attached hydrogen (secondary N) is 1. The molecule has 7 aromatic carbocycles. The van der Waals surface area contributed by atoms with E-state index in [0.717, 1.165) is 0 Å². The maximum absolute atomic E-state index is 3.76. The van der Waals surface area contributed by atoms with Crippen LogP contribution < -0.4 is 0 Å². The van der Waals surface area contributed by atoms with Crippen molar-refractivity contribution >= 4 is 32.6 Å². The summed E-state index contributed by atoms with van der Waals surface area (Å²) >= 11 is 0. The van der Waals surface area contributed by atoms with Crippen LogP contribution in [-0.4, -0.2) is 4.98 Å². The number of benzene rings is 7. The van der Waals surface area contributed by atoms with Gasteiger partial charge in [0.1, 0.15) is 0 Å². The van der Waals surface area contributed by atoms with Crippen LogP contribution in [0.1, 0.15) is 25.0 Å². The highest BCUT2D eigenvalue weighted by atomic mass is 14.7. The van der Waals surface area contributed by atoms with Crippen LogP contribution in [0.5, 0.6) is 0 Å². The van der Waals surface area contributed by atoms with Crippen molar-refractivity contribution in [1.29, 1.82) is 0 Å². The van der Waals surface area contributed by atoms with Gasteiger partial charge in [0, 0.05) is 27.3 Å². The third-order valence-electron chi connectivity index (χ3n) is 9.79. The van der Waals surface area contributed by atoms with E-state index in [1.807, 2.05) is 0 Å². The Morgan fingerprint density at radius 2 is 1.00 bits per heavy atom. The molecule has 0 radical (unpaired) electrons. The quantitative estimate of drug-likeness (QED) is 0.221. The van der Waals surface area contributed by atoms with Gasteiger partial charge in [0.2, 0.25) is 0 Å². The zero-order valence-corrected chi connectivity index (χ0v) is 24.9. The average molecular weight is 562 g/mol. The summed E-state index contributed by atoms with van der Waals surface area (Å²) < 4.78 is 0. The second-order valence-corrected chi connectivity index (χ2v) is 12.7. The normalized spacial score (nSPS) is 13.4. The molecule has 1 nitrogen and oxygen atoms in total. The summed E-state index contributed by atoms with van der Waals surface area (Å²) in [6.07, 6.45) is 0. The summed E-state index contributed by atoms with van der Waals surface area (Å²) in [5.41, 5.74) is 15.3. The predicted molar refractivity (Wildman–Crippen MR) is 187 cm³/mol. The predicted octanol–water partition coefficient (Wildman–Crippen LogP) is 11.8. The molecular weight excluding hydrogens is 530 g/mol. The molecule has 0 saturated heterocycles. The SMILES string of the molecule is CC1(C)c2ccccc2-c2ccc(-c3cccc(-c4cccc(-c5cccc6c5[nH]c5cc7ccccc7cc56)c4)c3)cc21. The standard InChI is InChI=1S/C43H31N/c1-43(2)39-19-6-5-16-35(39)36-21-20-32(25-40(36)43)28-13-7-12-27(22-28)29-14-8-15-33(23-29)34-17-9-18-37-38-24-30-10-3-4-11-31(30)26-41(38)44-42(34)37/h3-26,44H,1-2H3. The van der Waals surface area contributed by atoms with Crippen molar-refractivity contribution in [3.63, 3.8) is 0 Å². The van der Waals surface area contributed by atoms with Gasteiger partial charge >= 0.3 is 0 Å². The molecule has 8 aromatic rings. The lowest BCUT2D eigenvalue weighted by Gasteiger charge is -2.22. The molecule has 208 valence electrons. The van der Waals surface area contributed by atoms with Gasteiger partial charge < -0.3 is 4.98 Å². The highest BCUT2D eigenvalue weighted by molar-refractivity contribution is 6.15. The van der Waals surface area contributed by atoms with Gasteiger partial charge in [-0.1, -0.05) is 129 Å². The Morgan fingerprint density at radius 1 is 0.409 bits per heavy atom. The molecule has 1 N–H and O–H groups in total. The van der Waals surface area contributed by atoms with E-state index in [2.05, 4.69) is 164 Å². The highest BCUT2D eigenvalue weighted by Gasteiger charge is 2.35. The summed E-state index contributed by atoms with van der Waals surface area (Å²) in [5, 5.41) is 5.05. The van der Waals surface area contributed by atoms with E-state index < -0.39 is 0 Å². The first kappa shape index (κ1) is 25.1. The van der Waals surface area contributed by atoms with Crippen molar-refractivity contribution in [3.05, 3.63) is 157 Å². The lowest BCUT2D eigenvalue weighted by molar-refractivity contribution is 0.660. The van der Waals surface area contributed by atoms with Crippen LogP contribution in [-0.2, 0) is 5.41 Å². The molecule has 1 heterocycles. The first-order valence-corrected chi connectivity index (χ1v) is 15.4. The second kappa shape index (κ2) is 9.30. The fourth-order valence-electron chi connectivity index (χ4n) is 7.48. The Kier molecular flexibility index (Phi) is 5.31. The zero-order valence-electron chi connectivity index (χ0n) is 24.9. The lowest BCUT2D eigenvalue weighted by atomic mass is 9.81. The van der Waals surface area contributed by atoms with Crippen molar-refractivity contribution in [1.82, 2.24) is 4.98 Å². The Morgan fingerprint density at radius 3 is 1.80 bits per heavy atom. The van der Waals surface area contributed by atoms with Gasteiger partial charge in [-0.3, -0.25) is 0 Å². The minimum atomic E-state index is -0.00968. The van der Waals surface area contributed by atoms with Crippen LogP contribution in [0.3, 0.4) is 0 Å². The molecule has 0 amide bonds. The van der Waals surface area contributed by atoms with E-state index in [9.17, 15) is 0 Å². The number of hydrogen-bond acceptors (Lipinski definition) is 0. The van der Waals surface area contributed by atoms with E-state index in [4.69, 9.17) is 0 Å². The molecule has 0 bridgehead atoms. The number of fused-ring (bicyclic) bond motifs is 7. The van der Waals surface area contributed by atoms with E-state index in [0.29, 0.717) is 0 Å². The Balaban J connectivity index is 1.12. The summed E-state index contributed by atoms with van der Waals surface area (Å²) in [7, 11) is 0. The largest absolute Gasteiger partial charge is 0.354 e. The number of aromatic amines is 1. The lowest BCUT2D eigenvalue weighted by Crippen LogP contribution is -2.14. The van der Waals surface area contributed by atoms with Crippen LogP contribution in [0.4, 0.5) is 0 Å². The zero-order chi connectivity index (χ0) is 29.4. The molecule has 1 aliphatic carbocycles. The van der Waals surface area contributed by atoms with Gasteiger partial charge in [-0.05, 0) is 91.2 Å². The van der Waals surface area contributed by atoms with Crippen LogP contribution in [0.25, 0.3) is 77.1 Å². The molecule has 0 spiro atoms. The summed E-state index contributed by atoms with van der Waals surface area (Å²) in [5.74, 6) is 0. The van der Waals surface area contributed by atoms with Gasteiger partial charge in [0.05, 0.1) is 5.52 Å². The molecule has 0 aliphatic heterocycles.